The van der Waals surface area contributed by atoms with Crippen molar-refractivity contribution < 1.29 is 9.59 Å². The zero-order valence-corrected chi connectivity index (χ0v) is 13.9. The third-order valence-electron chi connectivity index (χ3n) is 2.96. The van der Waals surface area contributed by atoms with Crippen LogP contribution >= 0.6 is 22.6 Å². The monoisotopic (exact) mass is 394 g/mol. The average Bonchev–Trinajstić information content (AvgIpc) is 2.42. The molecule has 0 saturated carbocycles. The molecule has 0 aromatic heterocycles. The maximum atomic E-state index is 12.0. The molecule has 2 aromatic rings. The highest BCUT2D eigenvalue weighted by Gasteiger charge is 2.06. The molecule has 0 aliphatic rings. The van der Waals surface area contributed by atoms with Crippen LogP contribution in [-0.4, -0.2) is 11.8 Å². The Balaban J connectivity index is 2.08. The number of anilines is 2. The largest absolute Gasteiger partial charge is 0.323 e. The first-order valence-corrected chi connectivity index (χ1v) is 7.49. The molecule has 0 fully saturated rings. The van der Waals surface area contributed by atoms with Crippen molar-refractivity contribution >= 4 is 45.8 Å². The van der Waals surface area contributed by atoms with Crippen LogP contribution in [0.1, 0.15) is 22.8 Å². The van der Waals surface area contributed by atoms with E-state index in [1.807, 2.05) is 25.1 Å². The van der Waals surface area contributed by atoms with Crippen LogP contribution in [0.25, 0.3) is 0 Å². The SMILES string of the molecule is CC(=O)c1cccc(NC(=O)Nc2ccc(I)cc2C)c1. The van der Waals surface area contributed by atoms with Crippen molar-refractivity contribution in [3.8, 4) is 0 Å². The molecule has 0 aliphatic heterocycles. The Bertz CT molecular complexity index is 698. The van der Waals surface area contributed by atoms with Gasteiger partial charge in [0, 0.05) is 20.5 Å². The lowest BCUT2D eigenvalue weighted by molar-refractivity contribution is 0.101. The Morgan fingerprint density at radius 3 is 2.48 bits per heavy atom. The van der Waals surface area contributed by atoms with Crippen LogP contribution in [0.15, 0.2) is 42.5 Å². The number of hydrogen-bond donors (Lipinski definition) is 2. The van der Waals surface area contributed by atoms with E-state index in [0.717, 1.165) is 14.8 Å². The van der Waals surface area contributed by atoms with Gasteiger partial charge in [-0.05, 0) is 72.3 Å². The van der Waals surface area contributed by atoms with Crippen molar-refractivity contribution in [1.82, 2.24) is 0 Å². The lowest BCUT2D eigenvalue weighted by Gasteiger charge is -2.10. The Kier molecular flexibility index (Phi) is 4.95. The number of hydrogen-bond acceptors (Lipinski definition) is 2. The van der Waals surface area contributed by atoms with Gasteiger partial charge in [0.25, 0.3) is 0 Å². The second kappa shape index (κ2) is 6.71. The molecular formula is C16H15IN2O2. The predicted molar refractivity (Wildman–Crippen MR) is 93.0 cm³/mol. The first-order chi connectivity index (χ1) is 9.95. The van der Waals surface area contributed by atoms with Gasteiger partial charge >= 0.3 is 6.03 Å². The van der Waals surface area contributed by atoms with E-state index in [1.54, 1.807) is 24.3 Å². The second-order valence-corrected chi connectivity index (χ2v) is 5.92. The smallest absolute Gasteiger partial charge is 0.308 e. The summed E-state index contributed by atoms with van der Waals surface area (Å²) < 4.78 is 1.12. The molecule has 2 rings (SSSR count). The number of amides is 2. The summed E-state index contributed by atoms with van der Waals surface area (Å²) in [5.74, 6) is -0.0347. The van der Waals surface area contributed by atoms with Crippen LogP contribution in [0.5, 0.6) is 0 Å². The molecule has 0 spiro atoms. The molecule has 0 saturated heterocycles. The molecule has 2 N–H and O–H groups in total. The minimum Gasteiger partial charge on any atom is -0.308 e. The van der Waals surface area contributed by atoms with Crippen molar-refractivity contribution in [2.24, 2.45) is 0 Å². The fourth-order valence-electron chi connectivity index (χ4n) is 1.87. The number of carbonyl (C=O) groups excluding carboxylic acids is 2. The third kappa shape index (κ3) is 4.29. The number of carbonyl (C=O) groups is 2. The van der Waals surface area contributed by atoms with E-state index >= 15 is 0 Å². The molecular weight excluding hydrogens is 379 g/mol. The van der Waals surface area contributed by atoms with Crippen molar-refractivity contribution in [3.63, 3.8) is 0 Å². The summed E-state index contributed by atoms with van der Waals surface area (Å²) in [6, 6.07) is 12.3. The molecule has 21 heavy (non-hydrogen) atoms. The number of aryl methyl sites for hydroxylation is 1. The molecule has 2 aromatic carbocycles. The maximum absolute atomic E-state index is 12.0. The van der Waals surface area contributed by atoms with Gasteiger partial charge in [0.15, 0.2) is 5.78 Å². The molecule has 0 radical (unpaired) electrons. The summed E-state index contributed by atoms with van der Waals surface area (Å²) in [4.78, 5) is 23.3. The number of halogens is 1. The second-order valence-electron chi connectivity index (χ2n) is 4.68. The van der Waals surface area contributed by atoms with E-state index in [1.165, 1.54) is 6.92 Å². The van der Waals surface area contributed by atoms with E-state index < -0.39 is 0 Å². The van der Waals surface area contributed by atoms with Crippen molar-refractivity contribution in [2.45, 2.75) is 13.8 Å². The topological polar surface area (TPSA) is 58.2 Å². The highest BCUT2D eigenvalue weighted by Crippen LogP contribution is 2.18. The number of ketones is 1. The summed E-state index contributed by atoms with van der Waals surface area (Å²) in [5, 5.41) is 5.52. The van der Waals surface area contributed by atoms with Gasteiger partial charge < -0.3 is 10.6 Å². The zero-order valence-electron chi connectivity index (χ0n) is 11.7. The number of urea groups is 1. The van der Waals surface area contributed by atoms with Crippen LogP contribution in [0.3, 0.4) is 0 Å². The van der Waals surface area contributed by atoms with Crippen molar-refractivity contribution in [2.75, 3.05) is 10.6 Å². The lowest BCUT2D eigenvalue weighted by atomic mass is 10.1. The van der Waals surface area contributed by atoms with E-state index in [4.69, 9.17) is 0 Å². The first kappa shape index (κ1) is 15.5. The normalized spacial score (nSPS) is 10.0. The zero-order chi connectivity index (χ0) is 15.4. The molecule has 2 amide bonds. The highest BCUT2D eigenvalue weighted by molar-refractivity contribution is 14.1. The molecule has 0 bridgehead atoms. The van der Waals surface area contributed by atoms with Gasteiger partial charge in [-0.25, -0.2) is 4.79 Å². The number of benzene rings is 2. The third-order valence-corrected chi connectivity index (χ3v) is 3.63. The average molecular weight is 394 g/mol. The van der Waals surface area contributed by atoms with Crippen LogP contribution in [0.4, 0.5) is 16.2 Å². The minimum atomic E-state index is -0.333. The minimum absolute atomic E-state index is 0.0347. The molecule has 0 unspecified atom stereocenters. The molecule has 5 heteroatoms. The van der Waals surface area contributed by atoms with Gasteiger partial charge in [-0.1, -0.05) is 12.1 Å². The lowest BCUT2D eigenvalue weighted by Crippen LogP contribution is -2.20. The van der Waals surface area contributed by atoms with Crippen LogP contribution in [0, 0.1) is 10.5 Å². The van der Waals surface area contributed by atoms with Gasteiger partial charge in [0.1, 0.15) is 0 Å². The summed E-state index contributed by atoms with van der Waals surface area (Å²) in [6.45, 7) is 3.43. The molecule has 108 valence electrons. The summed E-state index contributed by atoms with van der Waals surface area (Å²) in [7, 11) is 0. The number of nitrogens with one attached hydrogen (secondary N) is 2. The van der Waals surface area contributed by atoms with E-state index in [-0.39, 0.29) is 11.8 Å². The summed E-state index contributed by atoms with van der Waals surface area (Å²) in [6.07, 6.45) is 0. The fraction of sp³-hybridized carbons (Fsp3) is 0.125. The van der Waals surface area contributed by atoms with Crippen molar-refractivity contribution in [3.05, 3.63) is 57.2 Å². The van der Waals surface area contributed by atoms with E-state index in [2.05, 4.69) is 33.2 Å². The highest BCUT2D eigenvalue weighted by atomic mass is 127. The standard InChI is InChI=1S/C16H15IN2O2/c1-10-8-13(17)6-7-15(10)19-16(21)18-14-5-3-4-12(9-14)11(2)20/h3-9H,1-2H3,(H2,18,19,21). The van der Waals surface area contributed by atoms with Crippen LogP contribution < -0.4 is 10.6 Å². The Morgan fingerprint density at radius 1 is 1.05 bits per heavy atom. The number of Topliss-reactive ketones (excluding diaryl/α,β-unsaturated/α-hetero) is 1. The van der Waals surface area contributed by atoms with Gasteiger partial charge in [0.05, 0.1) is 0 Å². The molecule has 0 heterocycles. The Hall–Kier alpha value is -1.89. The van der Waals surface area contributed by atoms with E-state index in [0.29, 0.717) is 11.3 Å². The van der Waals surface area contributed by atoms with Crippen LogP contribution in [-0.2, 0) is 0 Å². The van der Waals surface area contributed by atoms with Gasteiger partial charge in [-0.15, -0.1) is 0 Å². The van der Waals surface area contributed by atoms with Crippen molar-refractivity contribution in [1.29, 1.82) is 0 Å². The summed E-state index contributed by atoms with van der Waals surface area (Å²) >= 11 is 2.22. The molecule has 4 nitrogen and oxygen atoms in total. The Morgan fingerprint density at radius 2 is 1.81 bits per heavy atom. The maximum Gasteiger partial charge on any atom is 0.323 e. The molecule has 0 atom stereocenters. The van der Waals surface area contributed by atoms with E-state index in [9.17, 15) is 9.59 Å². The fourth-order valence-corrected chi connectivity index (χ4v) is 2.51. The quantitative estimate of drug-likeness (QED) is 0.597. The van der Waals surface area contributed by atoms with Gasteiger partial charge in [-0.2, -0.15) is 0 Å². The molecule has 0 aliphatic carbocycles. The van der Waals surface area contributed by atoms with Gasteiger partial charge in [-0.3, -0.25) is 4.79 Å². The summed E-state index contributed by atoms with van der Waals surface area (Å²) in [5.41, 5.74) is 2.91. The Labute approximate surface area is 137 Å². The first-order valence-electron chi connectivity index (χ1n) is 6.41. The van der Waals surface area contributed by atoms with Gasteiger partial charge in [0.2, 0.25) is 0 Å². The number of rotatable bonds is 3. The van der Waals surface area contributed by atoms with Crippen LogP contribution in [0.2, 0.25) is 0 Å². The predicted octanol–water partition coefficient (Wildman–Crippen LogP) is 4.45.